The first-order valence-electron chi connectivity index (χ1n) is 8.44. The molecule has 3 rings (SSSR count). The van der Waals surface area contributed by atoms with Crippen LogP contribution in [-0.2, 0) is 16.1 Å². The zero-order valence-electron chi connectivity index (χ0n) is 13.8. The van der Waals surface area contributed by atoms with Gasteiger partial charge in [-0.1, -0.05) is 0 Å². The zero-order chi connectivity index (χ0) is 16.1. The van der Waals surface area contributed by atoms with Crippen LogP contribution < -0.4 is 5.32 Å². The van der Waals surface area contributed by atoms with Crippen molar-refractivity contribution in [2.45, 2.75) is 31.5 Å². The third-order valence-electron chi connectivity index (χ3n) is 4.72. The molecule has 0 bridgehead atoms. The van der Waals surface area contributed by atoms with Gasteiger partial charge in [-0.05, 0) is 50.7 Å². The van der Waals surface area contributed by atoms with Gasteiger partial charge in [0, 0.05) is 38.1 Å². The number of likely N-dealkylation sites (tertiary alicyclic amines) is 1. The van der Waals surface area contributed by atoms with E-state index in [4.69, 9.17) is 4.74 Å². The SMILES string of the molecule is CN1CCC(N(Cc2ccncc2)C(=O)[C@@H]2CNCCO2)CC1. The lowest BCUT2D eigenvalue weighted by Crippen LogP contribution is -2.53. The fraction of sp³-hybridized carbons (Fsp3) is 0.647. The van der Waals surface area contributed by atoms with E-state index in [0.29, 0.717) is 19.7 Å². The molecule has 3 heterocycles. The van der Waals surface area contributed by atoms with E-state index in [9.17, 15) is 4.79 Å². The molecule has 1 aromatic rings. The van der Waals surface area contributed by atoms with E-state index in [2.05, 4.69) is 22.2 Å². The number of piperidine rings is 1. The van der Waals surface area contributed by atoms with Gasteiger partial charge in [-0.25, -0.2) is 0 Å². The van der Waals surface area contributed by atoms with Crippen LogP contribution in [0.3, 0.4) is 0 Å². The van der Waals surface area contributed by atoms with Crippen molar-refractivity contribution < 1.29 is 9.53 Å². The van der Waals surface area contributed by atoms with E-state index >= 15 is 0 Å². The maximum absolute atomic E-state index is 13.0. The number of aromatic nitrogens is 1. The Hall–Kier alpha value is -1.50. The van der Waals surface area contributed by atoms with Crippen molar-refractivity contribution in [2.24, 2.45) is 0 Å². The molecular formula is C17H26N4O2. The number of rotatable bonds is 4. The maximum Gasteiger partial charge on any atom is 0.253 e. The summed E-state index contributed by atoms with van der Waals surface area (Å²) in [5.74, 6) is 0.114. The van der Waals surface area contributed by atoms with Crippen LogP contribution in [0, 0.1) is 0 Å². The fourth-order valence-corrected chi connectivity index (χ4v) is 3.29. The molecule has 2 fully saturated rings. The summed E-state index contributed by atoms with van der Waals surface area (Å²) in [6, 6.07) is 4.25. The van der Waals surface area contributed by atoms with Gasteiger partial charge in [0.1, 0.15) is 6.10 Å². The normalized spacial score (nSPS) is 23.6. The summed E-state index contributed by atoms with van der Waals surface area (Å²) in [5.41, 5.74) is 1.12. The lowest BCUT2D eigenvalue weighted by molar-refractivity contribution is -0.149. The second kappa shape index (κ2) is 7.86. The first-order chi connectivity index (χ1) is 11.2. The van der Waals surface area contributed by atoms with Crippen LogP contribution in [-0.4, -0.2) is 72.7 Å². The number of nitrogens with zero attached hydrogens (tertiary/aromatic N) is 3. The zero-order valence-corrected chi connectivity index (χ0v) is 13.8. The molecule has 23 heavy (non-hydrogen) atoms. The summed E-state index contributed by atoms with van der Waals surface area (Å²) in [6.07, 6.45) is 5.25. The highest BCUT2D eigenvalue weighted by atomic mass is 16.5. The first-order valence-corrected chi connectivity index (χ1v) is 8.44. The Labute approximate surface area is 137 Å². The highest BCUT2D eigenvalue weighted by Crippen LogP contribution is 2.20. The topological polar surface area (TPSA) is 57.7 Å². The lowest BCUT2D eigenvalue weighted by atomic mass is 10.0. The molecule has 126 valence electrons. The lowest BCUT2D eigenvalue weighted by Gasteiger charge is -2.39. The molecule has 0 aromatic carbocycles. The standard InChI is InChI=1S/C17H26N4O2/c1-20-9-4-15(5-10-20)21(13-14-2-6-18-7-3-14)17(22)16-12-19-8-11-23-16/h2-3,6-7,15-16,19H,4-5,8-13H2,1H3/t16-/m0/s1. The maximum atomic E-state index is 13.0. The molecule has 1 N–H and O–H groups in total. The Morgan fingerprint density at radius 3 is 2.78 bits per heavy atom. The average Bonchev–Trinajstić information content (AvgIpc) is 2.62. The van der Waals surface area contributed by atoms with Gasteiger partial charge in [-0.2, -0.15) is 0 Å². The third kappa shape index (κ3) is 4.28. The Morgan fingerprint density at radius 2 is 2.13 bits per heavy atom. The van der Waals surface area contributed by atoms with Gasteiger partial charge in [-0.3, -0.25) is 9.78 Å². The van der Waals surface area contributed by atoms with E-state index in [-0.39, 0.29) is 18.1 Å². The molecule has 1 aromatic heterocycles. The summed E-state index contributed by atoms with van der Waals surface area (Å²) in [5, 5.41) is 3.25. The minimum atomic E-state index is -0.356. The van der Waals surface area contributed by atoms with E-state index in [1.54, 1.807) is 12.4 Å². The number of ether oxygens (including phenoxy) is 1. The Morgan fingerprint density at radius 1 is 1.39 bits per heavy atom. The number of amides is 1. The van der Waals surface area contributed by atoms with E-state index in [0.717, 1.165) is 38.0 Å². The average molecular weight is 318 g/mol. The van der Waals surface area contributed by atoms with Gasteiger partial charge >= 0.3 is 0 Å². The summed E-state index contributed by atoms with van der Waals surface area (Å²) in [7, 11) is 2.14. The number of nitrogens with one attached hydrogen (secondary N) is 1. The Balaban J connectivity index is 1.73. The number of morpholine rings is 1. The second-order valence-electron chi connectivity index (χ2n) is 6.42. The molecule has 1 amide bonds. The van der Waals surface area contributed by atoms with Gasteiger partial charge in [0.25, 0.3) is 5.91 Å². The molecule has 0 spiro atoms. The summed E-state index contributed by atoms with van der Waals surface area (Å²) < 4.78 is 5.69. The Bertz CT molecular complexity index is 497. The van der Waals surface area contributed by atoms with Crippen molar-refractivity contribution in [1.29, 1.82) is 0 Å². The number of carbonyl (C=O) groups is 1. The summed E-state index contributed by atoms with van der Waals surface area (Å²) in [4.78, 5) is 21.4. The first kappa shape index (κ1) is 16.4. The molecule has 2 aliphatic rings. The van der Waals surface area contributed by atoms with Crippen LogP contribution in [0.4, 0.5) is 0 Å². The molecule has 0 saturated carbocycles. The molecule has 1 atom stereocenters. The van der Waals surface area contributed by atoms with Gasteiger partial charge in [0.15, 0.2) is 0 Å². The number of hydrogen-bond donors (Lipinski definition) is 1. The molecule has 6 heteroatoms. The molecule has 6 nitrogen and oxygen atoms in total. The molecule has 0 unspecified atom stereocenters. The van der Waals surface area contributed by atoms with Gasteiger partial charge in [0.2, 0.25) is 0 Å². The minimum Gasteiger partial charge on any atom is -0.366 e. The van der Waals surface area contributed by atoms with Crippen molar-refractivity contribution in [1.82, 2.24) is 20.1 Å². The monoisotopic (exact) mass is 318 g/mol. The van der Waals surface area contributed by atoms with Crippen molar-refractivity contribution in [2.75, 3.05) is 39.8 Å². The largest absolute Gasteiger partial charge is 0.366 e. The second-order valence-corrected chi connectivity index (χ2v) is 6.42. The predicted molar refractivity (Wildman–Crippen MR) is 87.9 cm³/mol. The van der Waals surface area contributed by atoms with Gasteiger partial charge < -0.3 is 19.9 Å². The van der Waals surface area contributed by atoms with Crippen LogP contribution in [0.5, 0.6) is 0 Å². The van der Waals surface area contributed by atoms with Crippen LogP contribution in [0.15, 0.2) is 24.5 Å². The third-order valence-corrected chi connectivity index (χ3v) is 4.72. The number of pyridine rings is 1. The molecule has 0 aliphatic carbocycles. The van der Waals surface area contributed by atoms with Crippen molar-refractivity contribution >= 4 is 5.91 Å². The van der Waals surface area contributed by atoms with E-state index < -0.39 is 0 Å². The highest BCUT2D eigenvalue weighted by molar-refractivity contribution is 5.81. The smallest absolute Gasteiger partial charge is 0.253 e. The van der Waals surface area contributed by atoms with Crippen LogP contribution >= 0.6 is 0 Å². The van der Waals surface area contributed by atoms with E-state index in [1.165, 1.54) is 0 Å². The van der Waals surface area contributed by atoms with Crippen LogP contribution in [0.1, 0.15) is 18.4 Å². The van der Waals surface area contributed by atoms with Gasteiger partial charge in [0.05, 0.1) is 6.61 Å². The number of carbonyl (C=O) groups excluding carboxylic acids is 1. The van der Waals surface area contributed by atoms with Gasteiger partial charge in [-0.15, -0.1) is 0 Å². The predicted octanol–water partition coefficient (Wildman–Crippen LogP) is 0.493. The molecular weight excluding hydrogens is 292 g/mol. The van der Waals surface area contributed by atoms with Crippen LogP contribution in [0.2, 0.25) is 0 Å². The molecule has 0 radical (unpaired) electrons. The fourth-order valence-electron chi connectivity index (χ4n) is 3.29. The minimum absolute atomic E-state index is 0.114. The van der Waals surface area contributed by atoms with E-state index in [1.807, 2.05) is 17.0 Å². The molecule has 2 saturated heterocycles. The van der Waals surface area contributed by atoms with Crippen molar-refractivity contribution in [3.8, 4) is 0 Å². The highest BCUT2D eigenvalue weighted by Gasteiger charge is 2.32. The summed E-state index contributed by atoms with van der Waals surface area (Å²) >= 11 is 0. The van der Waals surface area contributed by atoms with Crippen molar-refractivity contribution in [3.63, 3.8) is 0 Å². The number of hydrogen-bond acceptors (Lipinski definition) is 5. The van der Waals surface area contributed by atoms with Crippen molar-refractivity contribution in [3.05, 3.63) is 30.1 Å². The molecule has 2 aliphatic heterocycles. The van der Waals surface area contributed by atoms with Crippen LogP contribution in [0.25, 0.3) is 0 Å². The summed E-state index contributed by atoms with van der Waals surface area (Å²) in [6.45, 7) is 4.74. The Kier molecular flexibility index (Phi) is 5.59. The quantitative estimate of drug-likeness (QED) is 0.876.